The molecule has 0 aromatic heterocycles. The standard InChI is InChI=1S/C19H35NO6SSi/c1-8-14-24-18(21)20-13-9-11-16(20)17(12-10-15-25-27(5,22)23)26-28(6,7)19(2,3)4/h8-9,11,16-17H,1,10,12-15H2,2-7H3/t16-,17+/m0/s1. The molecule has 1 aliphatic rings. The predicted octanol–water partition coefficient (Wildman–Crippen LogP) is 3.70. The van der Waals surface area contributed by atoms with E-state index < -0.39 is 24.5 Å². The van der Waals surface area contributed by atoms with Gasteiger partial charge in [0, 0.05) is 6.54 Å². The average Bonchev–Trinajstić information content (AvgIpc) is 3.03. The monoisotopic (exact) mass is 433 g/mol. The molecular formula is C19H35NO6SSi. The SMILES string of the molecule is C=CCOC(=O)N1CC=C[C@H]1[C@@H](CCCOS(C)(=O)=O)O[Si](C)(C)C(C)(C)C. The number of hydrogen-bond acceptors (Lipinski definition) is 6. The molecule has 2 atom stereocenters. The van der Waals surface area contributed by atoms with E-state index in [1.807, 2.05) is 12.2 Å². The molecule has 1 amide bonds. The number of hydrogen-bond donors (Lipinski definition) is 0. The minimum Gasteiger partial charge on any atom is -0.445 e. The van der Waals surface area contributed by atoms with Gasteiger partial charge < -0.3 is 9.16 Å². The summed E-state index contributed by atoms with van der Waals surface area (Å²) in [6.45, 7) is 15.0. The maximum absolute atomic E-state index is 12.4. The molecule has 0 bridgehead atoms. The fraction of sp³-hybridized carbons (Fsp3) is 0.737. The van der Waals surface area contributed by atoms with Gasteiger partial charge in [-0.25, -0.2) is 4.79 Å². The Hall–Kier alpha value is -1.16. The fourth-order valence-corrected chi connectivity index (χ4v) is 4.41. The van der Waals surface area contributed by atoms with Gasteiger partial charge >= 0.3 is 6.09 Å². The number of ether oxygens (including phenoxy) is 1. The first kappa shape index (κ1) is 24.9. The van der Waals surface area contributed by atoms with Crippen LogP contribution in [0.25, 0.3) is 0 Å². The molecule has 162 valence electrons. The Morgan fingerprint density at radius 2 is 2.04 bits per heavy atom. The highest BCUT2D eigenvalue weighted by Gasteiger charge is 2.42. The summed E-state index contributed by atoms with van der Waals surface area (Å²) in [6, 6.07) is -0.260. The second-order valence-corrected chi connectivity index (χ2v) is 14.9. The molecule has 0 spiro atoms. The molecule has 9 heteroatoms. The summed E-state index contributed by atoms with van der Waals surface area (Å²) >= 11 is 0. The van der Waals surface area contributed by atoms with E-state index in [4.69, 9.17) is 13.3 Å². The molecule has 28 heavy (non-hydrogen) atoms. The van der Waals surface area contributed by atoms with E-state index in [0.29, 0.717) is 19.4 Å². The molecule has 0 saturated heterocycles. The Labute approximate surface area is 171 Å². The van der Waals surface area contributed by atoms with Gasteiger partial charge in [-0.05, 0) is 31.0 Å². The molecule has 7 nitrogen and oxygen atoms in total. The van der Waals surface area contributed by atoms with Crippen molar-refractivity contribution in [3.8, 4) is 0 Å². The van der Waals surface area contributed by atoms with Crippen molar-refractivity contribution in [2.24, 2.45) is 0 Å². The third-order valence-corrected chi connectivity index (χ3v) is 10.2. The van der Waals surface area contributed by atoms with E-state index in [2.05, 4.69) is 40.4 Å². The molecule has 0 aliphatic carbocycles. The summed E-state index contributed by atoms with van der Waals surface area (Å²) in [4.78, 5) is 14.0. The van der Waals surface area contributed by atoms with E-state index in [-0.39, 0.29) is 30.4 Å². The number of carbonyl (C=O) groups is 1. The van der Waals surface area contributed by atoms with Crippen LogP contribution < -0.4 is 0 Å². The van der Waals surface area contributed by atoms with Crippen LogP contribution in [0.1, 0.15) is 33.6 Å². The van der Waals surface area contributed by atoms with Crippen molar-refractivity contribution in [3.05, 3.63) is 24.8 Å². The van der Waals surface area contributed by atoms with Crippen LogP contribution >= 0.6 is 0 Å². The smallest absolute Gasteiger partial charge is 0.410 e. The maximum atomic E-state index is 12.4. The number of rotatable bonds is 10. The largest absolute Gasteiger partial charge is 0.445 e. The van der Waals surface area contributed by atoms with Crippen molar-refractivity contribution in [2.75, 3.05) is 26.0 Å². The second-order valence-electron chi connectivity index (χ2n) is 8.52. The van der Waals surface area contributed by atoms with E-state index in [0.717, 1.165) is 6.26 Å². The van der Waals surface area contributed by atoms with Crippen LogP contribution in [0.3, 0.4) is 0 Å². The Morgan fingerprint density at radius 1 is 1.39 bits per heavy atom. The number of carbonyl (C=O) groups excluding carboxylic acids is 1. The van der Waals surface area contributed by atoms with E-state index in [9.17, 15) is 13.2 Å². The Balaban J connectivity index is 2.93. The quantitative estimate of drug-likeness (QED) is 0.226. The molecule has 1 aliphatic heterocycles. The maximum Gasteiger partial charge on any atom is 0.410 e. The van der Waals surface area contributed by atoms with Crippen molar-refractivity contribution in [1.82, 2.24) is 4.90 Å². The zero-order valence-electron chi connectivity index (χ0n) is 17.9. The van der Waals surface area contributed by atoms with Crippen molar-refractivity contribution in [3.63, 3.8) is 0 Å². The lowest BCUT2D eigenvalue weighted by molar-refractivity contribution is 0.0636. The van der Waals surface area contributed by atoms with Crippen LogP contribution in [0.15, 0.2) is 24.8 Å². The molecule has 0 aromatic rings. The highest BCUT2D eigenvalue weighted by molar-refractivity contribution is 7.85. The van der Waals surface area contributed by atoms with Crippen LogP contribution in [-0.4, -0.2) is 65.9 Å². The third-order valence-electron chi connectivity index (χ3n) is 5.12. The van der Waals surface area contributed by atoms with Crippen molar-refractivity contribution in [2.45, 2.75) is 63.9 Å². The topological polar surface area (TPSA) is 82.1 Å². The first-order valence-electron chi connectivity index (χ1n) is 9.51. The second kappa shape index (κ2) is 10.0. The van der Waals surface area contributed by atoms with Gasteiger partial charge in [0.15, 0.2) is 8.32 Å². The predicted molar refractivity (Wildman–Crippen MR) is 113 cm³/mol. The van der Waals surface area contributed by atoms with E-state index in [1.54, 1.807) is 4.90 Å². The van der Waals surface area contributed by atoms with Gasteiger partial charge in [-0.3, -0.25) is 9.08 Å². The summed E-state index contributed by atoms with van der Waals surface area (Å²) < 4.78 is 39.1. The first-order chi connectivity index (χ1) is 12.8. The minimum atomic E-state index is -3.47. The van der Waals surface area contributed by atoms with Crippen LogP contribution in [0.5, 0.6) is 0 Å². The molecular weight excluding hydrogens is 398 g/mol. The highest BCUT2D eigenvalue weighted by atomic mass is 32.2. The van der Waals surface area contributed by atoms with Gasteiger partial charge in [-0.1, -0.05) is 45.6 Å². The Morgan fingerprint density at radius 3 is 2.57 bits per heavy atom. The van der Waals surface area contributed by atoms with Crippen molar-refractivity contribution in [1.29, 1.82) is 0 Å². The van der Waals surface area contributed by atoms with Crippen LogP contribution in [0, 0.1) is 0 Å². The van der Waals surface area contributed by atoms with Crippen molar-refractivity contribution >= 4 is 24.5 Å². The highest BCUT2D eigenvalue weighted by Crippen LogP contribution is 2.39. The number of nitrogens with zero attached hydrogens (tertiary/aromatic N) is 1. The van der Waals surface area contributed by atoms with Gasteiger partial charge in [-0.2, -0.15) is 8.42 Å². The van der Waals surface area contributed by atoms with Crippen LogP contribution in [0.2, 0.25) is 18.1 Å². The first-order valence-corrected chi connectivity index (χ1v) is 14.2. The van der Waals surface area contributed by atoms with E-state index in [1.165, 1.54) is 6.08 Å². The lowest BCUT2D eigenvalue weighted by atomic mass is 10.1. The lowest BCUT2D eigenvalue weighted by Gasteiger charge is -2.42. The summed E-state index contributed by atoms with van der Waals surface area (Å²) in [5.74, 6) is 0. The molecule has 0 fully saturated rings. The third kappa shape index (κ3) is 7.69. The van der Waals surface area contributed by atoms with Gasteiger partial charge in [0.25, 0.3) is 10.1 Å². The Bertz CT molecular complexity index is 668. The van der Waals surface area contributed by atoms with Crippen LogP contribution in [0.4, 0.5) is 4.79 Å². The zero-order valence-corrected chi connectivity index (χ0v) is 19.8. The zero-order chi connectivity index (χ0) is 21.6. The molecule has 1 heterocycles. The van der Waals surface area contributed by atoms with Crippen LogP contribution in [-0.2, 0) is 23.5 Å². The van der Waals surface area contributed by atoms with Gasteiger partial charge in [-0.15, -0.1) is 0 Å². The molecule has 0 radical (unpaired) electrons. The Kier molecular flexibility index (Phi) is 8.92. The van der Waals surface area contributed by atoms with Gasteiger partial charge in [0.05, 0.1) is 25.0 Å². The molecule has 0 N–H and O–H groups in total. The van der Waals surface area contributed by atoms with Gasteiger partial charge in [0.1, 0.15) is 6.61 Å². The summed E-state index contributed by atoms with van der Waals surface area (Å²) in [6.07, 6.45) is 6.86. The molecule has 0 aromatic carbocycles. The number of amides is 1. The summed E-state index contributed by atoms with van der Waals surface area (Å²) in [7, 11) is -5.58. The fourth-order valence-electron chi connectivity index (χ4n) is 2.62. The summed E-state index contributed by atoms with van der Waals surface area (Å²) in [5.41, 5.74) is 0. The average molecular weight is 434 g/mol. The molecule has 1 rings (SSSR count). The van der Waals surface area contributed by atoms with Gasteiger partial charge in [0.2, 0.25) is 0 Å². The molecule has 0 unspecified atom stereocenters. The summed E-state index contributed by atoms with van der Waals surface area (Å²) in [5, 5.41) is 0.00497. The van der Waals surface area contributed by atoms with E-state index >= 15 is 0 Å². The van der Waals surface area contributed by atoms with Crippen molar-refractivity contribution < 1.29 is 26.6 Å². The lowest BCUT2D eigenvalue weighted by Crippen LogP contribution is -2.51. The minimum absolute atomic E-state index is 0.00497. The molecule has 0 saturated carbocycles. The normalized spacial score (nSPS) is 18.9.